The molecule has 1 amide bonds. The SMILES string of the molecule is COc1ccc([C@H]2C(C(=O)c3ccco3)=C(O)C(=O)N2CC[NH+](C)C)cc1OC. The smallest absolute Gasteiger partial charge is 0.290 e. The number of furan rings is 1. The zero-order valence-corrected chi connectivity index (χ0v) is 16.9. The lowest BCUT2D eigenvalue weighted by atomic mass is 9.94. The molecule has 1 atom stereocenters. The van der Waals surface area contributed by atoms with Crippen molar-refractivity contribution in [1.29, 1.82) is 0 Å². The molecule has 2 N–H and O–H groups in total. The fraction of sp³-hybridized carbons (Fsp3) is 0.333. The van der Waals surface area contributed by atoms with Gasteiger partial charge in [-0.3, -0.25) is 9.59 Å². The van der Waals surface area contributed by atoms with Crippen molar-refractivity contribution in [2.24, 2.45) is 0 Å². The minimum absolute atomic E-state index is 0.00840. The lowest BCUT2D eigenvalue weighted by molar-refractivity contribution is -0.857. The summed E-state index contributed by atoms with van der Waals surface area (Å²) < 4.78 is 15.9. The molecule has 3 rings (SSSR count). The first-order chi connectivity index (χ1) is 13.9. The lowest BCUT2D eigenvalue weighted by Gasteiger charge is -2.27. The Hall–Kier alpha value is -3.26. The maximum atomic E-state index is 13.1. The van der Waals surface area contributed by atoms with Crippen LogP contribution >= 0.6 is 0 Å². The number of rotatable bonds is 8. The zero-order chi connectivity index (χ0) is 21.1. The van der Waals surface area contributed by atoms with Gasteiger partial charge in [0.05, 0.1) is 59.3 Å². The van der Waals surface area contributed by atoms with Gasteiger partial charge in [-0.15, -0.1) is 0 Å². The molecule has 0 bridgehead atoms. The number of methoxy groups -OCH3 is 2. The van der Waals surface area contributed by atoms with Crippen LogP contribution in [0.15, 0.2) is 52.3 Å². The van der Waals surface area contributed by atoms with E-state index >= 15 is 0 Å². The molecule has 8 heteroatoms. The van der Waals surface area contributed by atoms with Crippen molar-refractivity contribution in [3.05, 3.63) is 59.3 Å². The van der Waals surface area contributed by atoms with Gasteiger partial charge in [0, 0.05) is 0 Å². The molecule has 0 unspecified atom stereocenters. The van der Waals surface area contributed by atoms with Crippen molar-refractivity contribution < 1.29 is 33.5 Å². The van der Waals surface area contributed by atoms with E-state index in [1.165, 1.54) is 31.4 Å². The molecule has 1 aromatic carbocycles. The number of hydrogen-bond donors (Lipinski definition) is 2. The first-order valence-electron chi connectivity index (χ1n) is 9.22. The molecular formula is C21H25N2O6+. The molecule has 154 valence electrons. The molecule has 1 aliphatic rings. The first-order valence-corrected chi connectivity index (χ1v) is 9.22. The van der Waals surface area contributed by atoms with Gasteiger partial charge < -0.3 is 28.8 Å². The highest BCUT2D eigenvalue weighted by atomic mass is 16.5. The maximum Gasteiger partial charge on any atom is 0.290 e. The van der Waals surface area contributed by atoms with E-state index in [0.29, 0.717) is 30.2 Å². The minimum Gasteiger partial charge on any atom is -0.503 e. The molecule has 0 radical (unpaired) electrons. The van der Waals surface area contributed by atoms with Crippen LogP contribution in [-0.4, -0.2) is 63.1 Å². The molecule has 1 aromatic heterocycles. The molecule has 0 fully saturated rings. The third-order valence-electron chi connectivity index (χ3n) is 4.87. The van der Waals surface area contributed by atoms with E-state index in [4.69, 9.17) is 13.9 Å². The van der Waals surface area contributed by atoms with Crippen LogP contribution in [0.2, 0.25) is 0 Å². The Labute approximate surface area is 168 Å². The van der Waals surface area contributed by atoms with Crippen LogP contribution in [0.4, 0.5) is 0 Å². The van der Waals surface area contributed by atoms with Gasteiger partial charge in [0.15, 0.2) is 23.0 Å². The highest BCUT2D eigenvalue weighted by Crippen LogP contribution is 2.41. The number of aliphatic hydroxyl groups excluding tert-OH is 1. The van der Waals surface area contributed by atoms with Crippen LogP contribution in [0.3, 0.4) is 0 Å². The summed E-state index contributed by atoms with van der Waals surface area (Å²) in [5, 5.41) is 10.6. The van der Waals surface area contributed by atoms with Gasteiger partial charge in [-0.2, -0.15) is 0 Å². The third kappa shape index (κ3) is 3.84. The van der Waals surface area contributed by atoms with E-state index in [2.05, 4.69) is 0 Å². The van der Waals surface area contributed by atoms with Crippen LogP contribution in [0, 0.1) is 0 Å². The van der Waals surface area contributed by atoms with Crippen molar-refractivity contribution in [3.8, 4) is 11.5 Å². The number of quaternary nitrogens is 1. The molecule has 0 saturated heterocycles. The van der Waals surface area contributed by atoms with E-state index < -0.39 is 23.5 Å². The molecule has 29 heavy (non-hydrogen) atoms. The number of aliphatic hydroxyl groups is 1. The monoisotopic (exact) mass is 401 g/mol. The number of Topliss-reactive ketones (excluding diaryl/α,β-unsaturated/α-hetero) is 1. The fourth-order valence-corrected chi connectivity index (χ4v) is 3.37. The second-order valence-corrected chi connectivity index (χ2v) is 7.04. The van der Waals surface area contributed by atoms with Crippen molar-refractivity contribution >= 4 is 11.7 Å². The molecule has 0 aliphatic carbocycles. The summed E-state index contributed by atoms with van der Waals surface area (Å²) >= 11 is 0. The molecule has 0 spiro atoms. The number of ketones is 1. The number of benzene rings is 1. The highest BCUT2D eigenvalue weighted by Gasteiger charge is 2.44. The Bertz CT molecular complexity index is 933. The average Bonchev–Trinajstić information content (AvgIpc) is 3.33. The van der Waals surface area contributed by atoms with Crippen molar-refractivity contribution in [1.82, 2.24) is 4.90 Å². The first kappa shape index (κ1) is 20.5. The highest BCUT2D eigenvalue weighted by molar-refractivity contribution is 6.15. The van der Waals surface area contributed by atoms with Crippen LogP contribution < -0.4 is 14.4 Å². The molecule has 2 heterocycles. The molecule has 1 aliphatic heterocycles. The standard InChI is InChI=1S/C21H24N2O6/c1-22(2)9-10-23-18(13-7-8-14(27-3)16(12-13)28-4)17(20(25)21(23)26)19(24)15-6-5-11-29-15/h5-8,11-12,18,25H,9-10H2,1-4H3/p+1/t18-/m0/s1. The zero-order valence-electron chi connectivity index (χ0n) is 16.9. The summed E-state index contributed by atoms with van der Waals surface area (Å²) in [4.78, 5) is 28.5. The Kier molecular flexibility index (Phi) is 5.93. The average molecular weight is 401 g/mol. The van der Waals surface area contributed by atoms with E-state index in [1.54, 1.807) is 24.3 Å². The van der Waals surface area contributed by atoms with Gasteiger partial charge in [0.1, 0.15) is 0 Å². The largest absolute Gasteiger partial charge is 0.503 e. The third-order valence-corrected chi connectivity index (χ3v) is 4.87. The topological polar surface area (TPSA) is 93.7 Å². The molecule has 0 saturated carbocycles. The predicted octanol–water partition coefficient (Wildman–Crippen LogP) is 1.02. The van der Waals surface area contributed by atoms with Crippen LogP contribution in [0.25, 0.3) is 0 Å². The normalized spacial score (nSPS) is 16.7. The predicted molar refractivity (Wildman–Crippen MR) is 104 cm³/mol. The molecule has 2 aromatic rings. The number of likely N-dealkylation sites (N-methyl/N-ethyl adjacent to an activating group) is 1. The van der Waals surface area contributed by atoms with Gasteiger partial charge in [-0.1, -0.05) is 6.07 Å². The van der Waals surface area contributed by atoms with Gasteiger partial charge in [0.2, 0.25) is 5.78 Å². The van der Waals surface area contributed by atoms with E-state index in [-0.39, 0.29) is 11.3 Å². The van der Waals surface area contributed by atoms with Gasteiger partial charge in [-0.05, 0) is 29.8 Å². The molecular weight excluding hydrogens is 376 g/mol. The second kappa shape index (κ2) is 8.40. The lowest BCUT2D eigenvalue weighted by Crippen LogP contribution is -3.06. The van der Waals surface area contributed by atoms with E-state index in [1.807, 2.05) is 14.1 Å². The van der Waals surface area contributed by atoms with E-state index in [0.717, 1.165) is 4.90 Å². The number of carbonyl (C=O) groups excluding carboxylic acids is 2. The van der Waals surface area contributed by atoms with Gasteiger partial charge in [0.25, 0.3) is 5.91 Å². The fourth-order valence-electron chi connectivity index (χ4n) is 3.37. The Morgan fingerprint density at radius 2 is 1.93 bits per heavy atom. The van der Waals surface area contributed by atoms with Crippen molar-refractivity contribution in [2.75, 3.05) is 41.4 Å². The maximum absolute atomic E-state index is 13.1. The van der Waals surface area contributed by atoms with Crippen LogP contribution in [-0.2, 0) is 4.79 Å². The Morgan fingerprint density at radius 1 is 1.21 bits per heavy atom. The Balaban J connectivity index is 2.10. The number of ether oxygens (including phenoxy) is 2. The van der Waals surface area contributed by atoms with Crippen LogP contribution in [0.5, 0.6) is 11.5 Å². The van der Waals surface area contributed by atoms with Crippen LogP contribution in [0.1, 0.15) is 22.2 Å². The second-order valence-electron chi connectivity index (χ2n) is 7.04. The number of nitrogens with one attached hydrogen (secondary N) is 1. The number of nitrogens with zero attached hydrogens (tertiary/aromatic N) is 1. The summed E-state index contributed by atoms with van der Waals surface area (Å²) in [7, 11) is 6.97. The summed E-state index contributed by atoms with van der Waals surface area (Å²) in [6, 6.07) is 7.49. The number of hydrogen-bond acceptors (Lipinski definition) is 6. The van der Waals surface area contributed by atoms with Crippen molar-refractivity contribution in [3.63, 3.8) is 0 Å². The quantitative estimate of drug-likeness (QED) is 0.642. The van der Waals surface area contributed by atoms with Gasteiger partial charge >= 0.3 is 0 Å². The summed E-state index contributed by atoms with van der Waals surface area (Å²) in [6.45, 7) is 1.00. The van der Waals surface area contributed by atoms with Crippen molar-refractivity contribution in [2.45, 2.75) is 6.04 Å². The summed E-state index contributed by atoms with van der Waals surface area (Å²) in [5.41, 5.74) is 0.620. The Morgan fingerprint density at radius 3 is 2.52 bits per heavy atom. The summed E-state index contributed by atoms with van der Waals surface area (Å²) in [6.07, 6.45) is 1.38. The molecule has 8 nitrogen and oxygen atoms in total. The van der Waals surface area contributed by atoms with E-state index in [9.17, 15) is 14.7 Å². The minimum atomic E-state index is -0.765. The van der Waals surface area contributed by atoms with Gasteiger partial charge in [-0.25, -0.2) is 0 Å². The number of amides is 1. The number of carbonyl (C=O) groups is 2. The summed E-state index contributed by atoms with van der Waals surface area (Å²) in [5.74, 6) is -0.616.